The van der Waals surface area contributed by atoms with E-state index in [0.717, 1.165) is 67.1 Å². The average molecular weight is 463 g/mol. The van der Waals surface area contributed by atoms with Crippen molar-refractivity contribution in [2.45, 2.75) is 71.4 Å². The monoisotopic (exact) mass is 462 g/mol. The summed E-state index contributed by atoms with van der Waals surface area (Å²) in [4.78, 5) is 6.34. The molecular formula is C24H34N2OS3. The molecule has 30 heavy (non-hydrogen) atoms. The molecule has 1 aromatic carbocycles. The van der Waals surface area contributed by atoms with Crippen LogP contribution in [0.5, 0.6) is 5.75 Å². The Kier molecular flexibility index (Phi) is 7.98. The molecule has 2 fully saturated rings. The van der Waals surface area contributed by atoms with Crippen molar-refractivity contribution in [3.63, 3.8) is 0 Å². The van der Waals surface area contributed by atoms with Crippen LogP contribution in [0.25, 0.3) is 10.4 Å². The topological polar surface area (TPSA) is 26.7 Å². The highest BCUT2D eigenvalue weighted by molar-refractivity contribution is 7.80. The van der Waals surface area contributed by atoms with Crippen LogP contribution in [0, 0.1) is 3.82 Å². The molecule has 2 aliphatic rings. The number of hydrogen-bond donors (Lipinski definition) is 1. The molecule has 0 unspecified atom stereocenters. The molecule has 6 heteroatoms. The van der Waals surface area contributed by atoms with E-state index in [1.165, 1.54) is 54.5 Å². The number of hydrogen-bond acceptors (Lipinski definition) is 6. The zero-order chi connectivity index (χ0) is 20.9. The summed E-state index contributed by atoms with van der Waals surface area (Å²) in [7, 11) is 3.54. The lowest BCUT2D eigenvalue weighted by Gasteiger charge is -2.29. The maximum atomic E-state index is 11.2. The van der Waals surface area contributed by atoms with Gasteiger partial charge in [0.05, 0.1) is 4.88 Å². The number of benzene rings is 1. The Morgan fingerprint density at radius 2 is 1.40 bits per heavy atom. The van der Waals surface area contributed by atoms with Crippen LogP contribution >= 0.6 is 32.9 Å². The molecule has 3 nitrogen and oxygen atoms in total. The highest BCUT2D eigenvalue weighted by Crippen LogP contribution is 2.39. The van der Waals surface area contributed by atoms with Crippen LogP contribution in [0.4, 0.5) is 0 Å². The zero-order valence-electron chi connectivity index (χ0n) is 18.1. The van der Waals surface area contributed by atoms with Crippen molar-refractivity contribution in [2.24, 2.45) is 0 Å². The molecule has 0 amide bonds. The van der Waals surface area contributed by atoms with Crippen molar-refractivity contribution in [1.82, 2.24) is 9.80 Å². The Hall–Kier alpha value is -0.790. The third-order valence-electron chi connectivity index (χ3n) is 6.44. The van der Waals surface area contributed by atoms with Crippen LogP contribution in [0.2, 0.25) is 0 Å². The quantitative estimate of drug-likeness (QED) is 0.360. The number of piperidine rings is 2. The molecular weight excluding hydrogens is 428 g/mol. The van der Waals surface area contributed by atoms with Gasteiger partial charge in [-0.15, -0.1) is 0 Å². The van der Waals surface area contributed by atoms with Gasteiger partial charge in [-0.2, -0.15) is 0 Å². The van der Waals surface area contributed by atoms with Crippen molar-refractivity contribution in [1.29, 1.82) is 0 Å². The van der Waals surface area contributed by atoms with E-state index in [0.29, 0.717) is 5.75 Å². The van der Waals surface area contributed by atoms with E-state index in [-0.39, 0.29) is 0 Å². The molecule has 0 radical (unpaired) electrons. The minimum absolute atomic E-state index is 0.519. The van der Waals surface area contributed by atoms with Crippen molar-refractivity contribution in [3.8, 4) is 16.2 Å². The fourth-order valence-electron chi connectivity index (χ4n) is 4.81. The summed E-state index contributed by atoms with van der Waals surface area (Å²) in [5.41, 5.74) is 4.77. The van der Waals surface area contributed by atoms with Gasteiger partial charge in [-0.05, 0) is 81.5 Å². The summed E-state index contributed by atoms with van der Waals surface area (Å²) in [6.45, 7) is 8.50. The number of phenols is 1. The molecule has 164 valence electrons. The number of aromatic hydroxyl groups is 1. The van der Waals surface area contributed by atoms with Gasteiger partial charge in [0.15, 0.2) is 0 Å². The van der Waals surface area contributed by atoms with E-state index in [4.69, 9.17) is 12.2 Å². The molecule has 0 spiro atoms. The summed E-state index contributed by atoms with van der Waals surface area (Å²) in [5.74, 6) is 0.519. The summed E-state index contributed by atoms with van der Waals surface area (Å²) < 4.78 is 1.04. The van der Waals surface area contributed by atoms with Crippen LogP contribution in [0.15, 0.2) is 12.1 Å². The minimum Gasteiger partial charge on any atom is -0.507 e. The Balaban J connectivity index is 1.70. The summed E-state index contributed by atoms with van der Waals surface area (Å²) in [6, 6.07) is 4.49. The van der Waals surface area contributed by atoms with Crippen LogP contribution in [0.3, 0.4) is 0 Å². The lowest BCUT2D eigenvalue weighted by atomic mass is 9.98. The van der Waals surface area contributed by atoms with Crippen LogP contribution in [0.1, 0.15) is 68.6 Å². The van der Waals surface area contributed by atoms with Crippen LogP contribution in [-0.4, -0.2) is 41.1 Å². The van der Waals surface area contributed by atoms with Crippen molar-refractivity contribution < 1.29 is 5.11 Å². The molecule has 0 saturated carbocycles. The van der Waals surface area contributed by atoms with E-state index in [9.17, 15) is 5.11 Å². The predicted molar refractivity (Wildman–Crippen MR) is 132 cm³/mol. The summed E-state index contributed by atoms with van der Waals surface area (Å²) >= 11 is 5.65. The SMILES string of the molecule is CCCc1c(-c2cc(CN3CCCCC3)c(O)c(CN3CCCCC3)c2)ssc1=S. The van der Waals surface area contributed by atoms with Crippen molar-refractivity contribution in [3.05, 3.63) is 32.6 Å². The fraction of sp³-hybridized carbons (Fsp3) is 0.625. The first-order valence-electron chi connectivity index (χ1n) is 11.6. The Labute approximate surface area is 193 Å². The standard InChI is InChI=1S/C24H34N2OS3/c1-2-9-21-23(29-30-24(21)28)18-14-19(16-25-10-5-3-6-11-25)22(27)20(15-18)17-26-12-7-4-8-13-26/h14-15,27H,2-13,16-17H2,1H3. The summed E-state index contributed by atoms with van der Waals surface area (Å²) in [5, 5.41) is 11.2. The normalized spacial score (nSPS) is 18.7. The summed E-state index contributed by atoms with van der Waals surface area (Å²) in [6.07, 6.45) is 9.91. The van der Waals surface area contributed by atoms with Gasteiger partial charge in [0.1, 0.15) is 9.57 Å². The van der Waals surface area contributed by atoms with E-state index in [2.05, 4.69) is 28.9 Å². The van der Waals surface area contributed by atoms with E-state index in [1.807, 2.05) is 10.3 Å². The van der Waals surface area contributed by atoms with E-state index in [1.54, 1.807) is 10.3 Å². The van der Waals surface area contributed by atoms with Gasteiger partial charge in [0.2, 0.25) is 0 Å². The largest absolute Gasteiger partial charge is 0.507 e. The molecule has 2 aromatic rings. The third-order valence-corrected chi connectivity index (χ3v) is 9.63. The van der Waals surface area contributed by atoms with Gasteiger partial charge < -0.3 is 5.11 Å². The smallest absolute Gasteiger partial charge is 0.124 e. The molecule has 4 rings (SSSR count). The number of likely N-dealkylation sites (tertiary alicyclic amines) is 2. The molecule has 2 aliphatic heterocycles. The molecule has 2 saturated heterocycles. The van der Waals surface area contributed by atoms with Gasteiger partial charge in [-0.3, -0.25) is 9.80 Å². The zero-order valence-corrected chi connectivity index (χ0v) is 20.6. The minimum atomic E-state index is 0.519. The Bertz CT molecular complexity index is 851. The lowest BCUT2D eigenvalue weighted by molar-refractivity contribution is 0.213. The number of nitrogens with zero attached hydrogens (tertiary/aromatic N) is 2. The average Bonchev–Trinajstić information content (AvgIpc) is 3.13. The van der Waals surface area contributed by atoms with Gasteiger partial charge in [0, 0.05) is 24.2 Å². The lowest BCUT2D eigenvalue weighted by Crippen LogP contribution is -2.30. The Morgan fingerprint density at radius 3 is 1.90 bits per heavy atom. The Morgan fingerprint density at radius 1 is 0.867 bits per heavy atom. The number of phenolic OH excluding ortho intramolecular Hbond substituents is 1. The second-order valence-electron chi connectivity index (χ2n) is 8.83. The predicted octanol–water partition coefficient (Wildman–Crippen LogP) is 6.84. The highest BCUT2D eigenvalue weighted by Gasteiger charge is 2.20. The van der Waals surface area contributed by atoms with Gasteiger partial charge in [0.25, 0.3) is 0 Å². The van der Waals surface area contributed by atoms with Gasteiger partial charge in [-0.1, -0.05) is 59.1 Å². The van der Waals surface area contributed by atoms with Crippen molar-refractivity contribution >= 4 is 32.9 Å². The second kappa shape index (κ2) is 10.7. The van der Waals surface area contributed by atoms with Crippen LogP contribution in [-0.2, 0) is 19.5 Å². The van der Waals surface area contributed by atoms with E-state index < -0.39 is 0 Å². The molecule has 1 N–H and O–H groups in total. The first kappa shape index (κ1) is 22.4. The third kappa shape index (κ3) is 5.33. The van der Waals surface area contributed by atoms with Gasteiger partial charge >= 0.3 is 0 Å². The molecule has 1 aromatic heterocycles. The van der Waals surface area contributed by atoms with Gasteiger partial charge in [-0.25, -0.2) is 0 Å². The van der Waals surface area contributed by atoms with Crippen molar-refractivity contribution in [2.75, 3.05) is 26.2 Å². The first-order chi connectivity index (χ1) is 14.7. The van der Waals surface area contributed by atoms with Crippen LogP contribution < -0.4 is 0 Å². The molecule has 3 heterocycles. The molecule has 0 aliphatic carbocycles. The maximum Gasteiger partial charge on any atom is 0.124 e. The van der Waals surface area contributed by atoms with E-state index >= 15 is 0 Å². The fourth-order valence-corrected chi connectivity index (χ4v) is 7.80. The second-order valence-corrected chi connectivity index (χ2v) is 11.6. The highest BCUT2D eigenvalue weighted by atomic mass is 32.9. The molecule has 0 bridgehead atoms. The maximum absolute atomic E-state index is 11.2. The number of rotatable bonds is 7. The molecule has 0 atom stereocenters. The first-order valence-corrected chi connectivity index (χ1v) is 14.1.